The number of allylic oxidation sites excluding steroid dienone is 2. The van der Waals surface area contributed by atoms with Crippen LogP contribution in [0.2, 0.25) is 0 Å². The topological polar surface area (TPSA) is 131 Å². The van der Waals surface area contributed by atoms with E-state index in [0.29, 0.717) is 16.8 Å². The van der Waals surface area contributed by atoms with E-state index < -0.39 is 23.9 Å². The van der Waals surface area contributed by atoms with Gasteiger partial charge >= 0.3 is 12.3 Å². The molecule has 2 aromatic carbocycles. The van der Waals surface area contributed by atoms with E-state index in [0.717, 1.165) is 12.1 Å². The van der Waals surface area contributed by atoms with Crippen LogP contribution in [0.3, 0.4) is 0 Å². The number of aromatic nitrogens is 3. The zero-order valence-electron chi connectivity index (χ0n) is 18.1. The number of nitrogens with zero attached hydrogens (tertiary/aromatic N) is 6. The highest BCUT2D eigenvalue weighted by Crippen LogP contribution is 2.43. The SMILES string of the molecule is CC1=C(C#N)[C@@H](c2ccc(C#N)cc2)n2nc(CNC(=O)O)nc2N1c1cccc(C(F)(F)F)c1. The molecule has 2 heterocycles. The van der Waals surface area contributed by atoms with Crippen molar-refractivity contribution >= 4 is 17.7 Å². The van der Waals surface area contributed by atoms with E-state index in [-0.39, 0.29) is 29.6 Å². The molecule has 0 unspecified atom stereocenters. The number of amides is 1. The fraction of sp³-hybridized carbons (Fsp3) is 0.174. The Kier molecular flexibility index (Phi) is 5.89. The van der Waals surface area contributed by atoms with E-state index in [1.54, 1.807) is 31.2 Å². The maximum absolute atomic E-state index is 13.4. The summed E-state index contributed by atoms with van der Waals surface area (Å²) in [6.07, 6.45) is -5.89. The van der Waals surface area contributed by atoms with Gasteiger partial charge in [0.25, 0.3) is 0 Å². The van der Waals surface area contributed by atoms with Gasteiger partial charge in [-0.2, -0.15) is 33.8 Å². The van der Waals surface area contributed by atoms with Gasteiger partial charge in [-0.15, -0.1) is 0 Å². The van der Waals surface area contributed by atoms with Gasteiger partial charge in [0.1, 0.15) is 6.04 Å². The molecule has 4 rings (SSSR count). The highest BCUT2D eigenvalue weighted by atomic mass is 19.4. The van der Waals surface area contributed by atoms with Crippen LogP contribution in [-0.2, 0) is 12.7 Å². The summed E-state index contributed by atoms with van der Waals surface area (Å²) in [5.41, 5.74) is 0.747. The molecule has 0 saturated carbocycles. The van der Waals surface area contributed by atoms with Crippen molar-refractivity contribution in [2.24, 2.45) is 0 Å². The van der Waals surface area contributed by atoms with Crippen molar-refractivity contribution in [3.63, 3.8) is 0 Å². The minimum Gasteiger partial charge on any atom is -0.465 e. The van der Waals surface area contributed by atoms with E-state index in [2.05, 4.69) is 21.5 Å². The predicted molar refractivity (Wildman–Crippen MR) is 116 cm³/mol. The summed E-state index contributed by atoms with van der Waals surface area (Å²) in [4.78, 5) is 16.7. The first-order chi connectivity index (χ1) is 16.6. The Hall–Kier alpha value is -4.84. The molecule has 2 N–H and O–H groups in total. The van der Waals surface area contributed by atoms with Crippen LogP contribution in [0.4, 0.5) is 29.6 Å². The van der Waals surface area contributed by atoms with Crippen LogP contribution < -0.4 is 10.2 Å². The lowest BCUT2D eigenvalue weighted by Gasteiger charge is -2.34. The number of alkyl halides is 3. The first-order valence-corrected chi connectivity index (χ1v) is 10.1. The summed E-state index contributed by atoms with van der Waals surface area (Å²) in [5, 5.41) is 34.6. The largest absolute Gasteiger partial charge is 0.465 e. The second-order valence-corrected chi connectivity index (χ2v) is 7.56. The zero-order valence-corrected chi connectivity index (χ0v) is 18.1. The lowest BCUT2D eigenvalue weighted by Crippen LogP contribution is -2.31. The molecule has 0 aliphatic carbocycles. The van der Waals surface area contributed by atoms with Crippen molar-refractivity contribution < 1.29 is 23.1 Å². The van der Waals surface area contributed by atoms with Gasteiger partial charge in [-0.1, -0.05) is 18.2 Å². The van der Waals surface area contributed by atoms with Gasteiger partial charge in [-0.05, 0) is 42.8 Å². The Labute approximate surface area is 197 Å². The molecule has 12 heteroatoms. The number of carboxylic acid groups (broad SMARTS) is 1. The molecule has 9 nitrogen and oxygen atoms in total. The second-order valence-electron chi connectivity index (χ2n) is 7.56. The molecule has 0 bridgehead atoms. The highest BCUT2D eigenvalue weighted by Gasteiger charge is 2.37. The summed E-state index contributed by atoms with van der Waals surface area (Å²) in [7, 11) is 0. The summed E-state index contributed by atoms with van der Waals surface area (Å²) < 4.78 is 41.5. The standard InChI is InChI=1S/C23H16F3N7O2/c1-13-18(11-28)20(15-7-5-14(10-27)6-8-15)33-21(30-19(31-33)12-29-22(34)35)32(13)17-4-2-3-16(9-17)23(24,25)26/h2-9,20,29H,12H2,1H3,(H,34,35)/t20-/m1/s1. The molecule has 1 atom stereocenters. The van der Waals surface area contributed by atoms with Gasteiger partial charge < -0.3 is 10.4 Å². The number of halogens is 3. The van der Waals surface area contributed by atoms with Crippen molar-refractivity contribution in [2.45, 2.75) is 25.7 Å². The Bertz CT molecular complexity index is 1410. The average molecular weight is 479 g/mol. The molecular weight excluding hydrogens is 463 g/mol. The van der Waals surface area contributed by atoms with Crippen molar-refractivity contribution in [1.29, 1.82) is 10.5 Å². The molecule has 1 aliphatic heterocycles. The number of benzene rings is 2. The molecule has 0 spiro atoms. The Morgan fingerprint density at radius 1 is 1.17 bits per heavy atom. The molecule has 0 saturated heterocycles. The smallest absolute Gasteiger partial charge is 0.416 e. The van der Waals surface area contributed by atoms with Crippen molar-refractivity contribution in [3.05, 3.63) is 82.3 Å². The fourth-order valence-corrected chi connectivity index (χ4v) is 3.82. The Morgan fingerprint density at radius 3 is 2.49 bits per heavy atom. The normalized spacial score (nSPS) is 15.3. The third-order valence-electron chi connectivity index (χ3n) is 5.41. The number of fused-ring (bicyclic) bond motifs is 1. The van der Waals surface area contributed by atoms with Gasteiger partial charge in [0, 0.05) is 11.4 Å². The summed E-state index contributed by atoms with van der Waals surface area (Å²) in [6.45, 7) is 1.33. The fourth-order valence-electron chi connectivity index (χ4n) is 3.82. The zero-order chi connectivity index (χ0) is 25.3. The Morgan fingerprint density at radius 2 is 1.89 bits per heavy atom. The first kappa shape index (κ1) is 23.3. The number of hydrogen-bond donors (Lipinski definition) is 2. The van der Waals surface area contributed by atoms with Crippen LogP contribution in [0.15, 0.2) is 59.8 Å². The molecule has 0 fully saturated rings. The lowest BCUT2D eigenvalue weighted by molar-refractivity contribution is -0.137. The average Bonchev–Trinajstić information content (AvgIpc) is 3.25. The van der Waals surface area contributed by atoms with Gasteiger partial charge in [0.05, 0.1) is 35.4 Å². The molecule has 1 aliphatic rings. The predicted octanol–water partition coefficient (Wildman–Crippen LogP) is 4.47. The number of nitriles is 2. The number of carbonyl (C=O) groups is 1. The number of nitrogens with one attached hydrogen (secondary N) is 1. The van der Waals surface area contributed by atoms with Gasteiger partial charge in [0.2, 0.25) is 5.95 Å². The van der Waals surface area contributed by atoms with Crippen LogP contribution >= 0.6 is 0 Å². The highest BCUT2D eigenvalue weighted by molar-refractivity contribution is 5.69. The quantitative estimate of drug-likeness (QED) is 0.564. The van der Waals surface area contributed by atoms with E-state index >= 15 is 0 Å². The minimum atomic E-state index is -4.59. The summed E-state index contributed by atoms with van der Waals surface area (Å²) in [6, 6.07) is 14.4. The molecule has 176 valence electrons. The molecular formula is C23H16F3N7O2. The minimum absolute atomic E-state index is 0.0602. The molecule has 3 aromatic rings. The number of rotatable bonds is 4. The lowest BCUT2D eigenvalue weighted by atomic mass is 9.95. The van der Waals surface area contributed by atoms with Crippen LogP contribution in [0, 0.1) is 22.7 Å². The van der Waals surface area contributed by atoms with E-state index in [1.807, 2.05) is 6.07 Å². The number of anilines is 2. The van der Waals surface area contributed by atoms with E-state index in [9.17, 15) is 23.2 Å². The molecule has 1 aromatic heterocycles. The summed E-state index contributed by atoms with van der Waals surface area (Å²) in [5.74, 6) is 0.169. The summed E-state index contributed by atoms with van der Waals surface area (Å²) >= 11 is 0. The van der Waals surface area contributed by atoms with Gasteiger partial charge in [-0.3, -0.25) is 4.90 Å². The maximum Gasteiger partial charge on any atom is 0.416 e. The van der Waals surface area contributed by atoms with Crippen molar-refractivity contribution in [2.75, 3.05) is 4.90 Å². The van der Waals surface area contributed by atoms with Crippen LogP contribution in [0.1, 0.15) is 35.5 Å². The van der Waals surface area contributed by atoms with E-state index in [4.69, 9.17) is 10.4 Å². The van der Waals surface area contributed by atoms with Crippen LogP contribution in [-0.4, -0.2) is 26.0 Å². The van der Waals surface area contributed by atoms with Crippen molar-refractivity contribution in [3.8, 4) is 12.1 Å². The van der Waals surface area contributed by atoms with Crippen LogP contribution in [0.25, 0.3) is 0 Å². The molecule has 35 heavy (non-hydrogen) atoms. The first-order valence-electron chi connectivity index (χ1n) is 10.1. The van der Waals surface area contributed by atoms with Crippen molar-refractivity contribution in [1.82, 2.24) is 20.1 Å². The molecule has 1 amide bonds. The number of hydrogen-bond acceptors (Lipinski definition) is 6. The molecule has 0 radical (unpaired) electrons. The monoisotopic (exact) mass is 479 g/mol. The second kappa shape index (κ2) is 8.83. The third kappa shape index (κ3) is 4.37. The maximum atomic E-state index is 13.4. The van der Waals surface area contributed by atoms with Gasteiger partial charge in [-0.25, -0.2) is 9.48 Å². The van der Waals surface area contributed by atoms with Gasteiger partial charge in [0.15, 0.2) is 5.82 Å². The Balaban J connectivity index is 1.92. The van der Waals surface area contributed by atoms with E-state index in [1.165, 1.54) is 21.7 Å². The third-order valence-corrected chi connectivity index (χ3v) is 5.41. The van der Waals surface area contributed by atoms with Crippen LogP contribution in [0.5, 0.6) is 0 Å².